The van der Waals surface area contributed by atoms with Crippen LogP contribution < -0.4 is 5.32 Å². The molecule has 9 heteroatoms. The van der Waals surface area contributed by atoms with Crippen molar-refractivity contribution >= 4 is 45.2 Å². The molecule has 1 heterocycles. The van der Waals surface area contributed by atoms with E-state index < -0.39 is 30.8 Å². The zero-order valence-corrected chi connectivity index (χ0v) is 12.8. The number of fused-ring (bicyclic) bond motifs is 1. The smallest absolute Gasteiger partial charge is 0.326 e. The summed E-state index contributed by atoms with van der Waals surface area (Å²) in [6.07, 6.45) is -3.70. The Morgan fingerprint density at radius 2 is 2.09 bits per heavy atom. The van der Waals surface area contributed by atoms with Crippen LogP contribution >= 0.6 is 23.1 Å². The number of nitrogens with zero attached hydrogens (tertiary/aromatic N) is 1. The van der Waals surface area contributed by atoms with E-state index in [4.69, 9.17) is 5.11 Å². The lowest BCUT2D eigenvalue weighted by atomic mass is 10.2. The van der Waals surface area contributed by atoms with Crippen LogP contribution in [0.1, 0.15) is 6.42 Å². The molecule has 1 aromatic carbocycles. The molecule has 0 aliphatic heterocycles. The Kier molecular flexibility index (Phi) is 5.67. The molecular formula is C13H12F2N2O3S2. The van der Waals surface area contributed by atoms with E-state index in [1.807, 2.05) is 24.3 Å². The van der Waals surface area contributed by atoms with Crippen LogP contribution in [0.15, 0.2) is 28.6 Å². The van der Waals surface area contributed by atoms with E-state index in [9.17, 15) is 18.4 Å². The maximum Gasteiger partial charge on any atom is 0.326 e. The van der Waals surface area contributed by atoms with Gasteiger partial charge in [0.1, 0.15) is 6.04 Å². The van der Waals surface area contributed by atoms with Crippen LogP contribution in [0.2, 0.25) is 0 Å². The van der Waals surface area contributed by atoms with Gasteiger partial charge in [0, 0.05) is 6.42 Å². The van der Waals surface area contributed by atoms with Gasteiger partial charge in [0.05, 0.1) is 16.0 Å². The molecule has 2 aromatic rings. The van der Waals surface area contributed by atoms with Gasteiger partial charge < -0.3 is 10.4 Å². The molecule has 1 atom stereocenters. The zero-order valence-electron chi connectivity index (χ0n) is 11.2. The maximum atomic E-state index is 12.2. The second-order valence-electron chi connectivity index (χ2n) is 4.32. The number of carbonyl (C=O) groups is 2. The summed E-state index contributed by atoms with van der Waals surface area (Å²) < 4.78 is 26.1. The van der Waals surface area contributed by atoms with Crippen molar-refractivity contribution in [3.8, 4) is 0 Å². The number of halogens is 2. The minimum absolute atomic E-state index is 0.0765. The first-order valence-corrected chi connectivity index (χ1v) is 8.04. The normalized spacial score (nSPS) is 12.5. The van der Waals surface area contributed by atoms with Crippen LogP contribution in [-0.2, 0) is 9.59 Å². The van der Waals surface area contributed by atoms with Crippen LogP contribution in [0.4, 0.5) is 8.78 Å². The van der Waals surface area contributed by atoms with Crippen molar-refractivity contribution in [1.29, 1.82) is 0 Å². The van der Waals surface area contributed by atoms with Gasteiger partial charge in [0.2, 0.25) is 12.3 Å². The van der Waals surface area contributed by atoms with Gasteiger partial charge in [-0.3, -0.25) is 4.79 Å². The predicted octanol–water partition coefficient (Wildman–Crippen LogP) is 2.61. The lowest BCUT2D eigenvalue weighted by Gasteiger charge is -2.13. The summed E-state index contributed by atoms with van der Waals surface area (Å²) in [7, 11) is 0. The molecule has 2 N–H and O–H groups in total. The molecular weight excluding hydrogens is 334 g/mol. The number of hydrogen-bond acceptors (Lipinski definition) is 5. The highest BCUT2D eigenvalue weighted by Gasteiger charge is 2.24. The van der Waals surface area contributed by atoms with E-state index in [1.165, 1.54) is 11.3 Å². The molecule has 1 amide bonds. The van der Waals surface area contributed by atoms with Gasteiger partial charge in [-0.2, -0.15) is 0 Å². The number of alkyl halides is 2. The highest BCUT2D eigenvalue weighted by molar-refractivity contribution is 8.01. The quantitative estimate of drug-likeness (QED) is 0.754. The molecule has 2 rings (SSSR count). The molecule has 1 unspecified atom stereocenters. The SMILES string of the molecule is O=C(CSc1nc2ccccc2s1)NC(CC(F)F)C(=O)O. The van der Waals surface area contributed by atoms with Crippen LogP contribution in [0.3, 0.4) is 0 Å². The highest BCUT2D eigenvalue weighted by Crippen LogP contribution is 2.29. The molecule has 0 fully saturated rings. The molecule has 0 radical (unpaired) electrons. The summed E-state index contributed by atoms with van der Waals surface area (Å²) in [5, 5.41) is 10.9. The first-order valence-electron chi connectivity index (χ1n) is 6.24. The van der Waals surface area contributed by atoms with E-state index in [-0.39, 0.29) is 5.75 Å². The standard InChI is InChI=1S/C13H12F2N2O3S2/c14-10(15)5-8(12(19)20)16-11(18)6-21-13-17-7-3-1-2-4-9(7)22-13/h1-4,8,10H,5-6H2,(H,16,18)(H,19,20). The molecule has 22 heavy (non-hydrogen) atoms. The van der Waals surface area contributed by atoms with Gasteiger partial charge in [0.15, 0.2) is 4.34 Å². The van der Waals surface area contributed by atoms with Crippen LogP contribution in [0.5, 0.6) is 0 Å². The van der Waals surface area contributed by atoms with Gasteiger partial charge in [-0.25, -0.2) is 18.6 Å². The molecule has 0 spiro atoms. The van der Waals surface area contributed by atoms with E-state index >= 15 is 0 Å². The number of carboxylic acid groups (broad SMARTS) is 1. The van der Waals surface area contributed by atoms with Crippen LogP contribution in [-0.4, -0.2) is 40.2 Å². The largest absolute Gasteiger partial charge is 0.480 e. The Labute approximate surface area is 132 Å². The van der Waals surface area contributed by atoms with Crippen molar-refractivity contribution < 1.29 is 23.5 Å². The molecule has 0 saturated carbocycles. The predicted molar refractivity (Wildman–Crippen MR) is 80.5 cm³/mol. The van der Waals surface area contributed by atoms with Crippen molar-refractivity contribution in [2.24, 2.45) is 0 Å². The average Bonchev–Trinajstić information content (AvgIpc) is 2.86. The zero-order chi connectivity index (χ0) is 16.1. The van der Waals surface area contributed by atoms with Crippen molar-refractivity contribution in [3.63, 3.8) is 0 Å². The third-order valence-corrected chi connectivity index (χ3v) is 4.83. The van der Waals surface area contributed by atoms with Gasteiger partial charge in [-0.05, 0) is 12.1 Å². The summed E-state index contributed by atoms with van der Waals surface area (Å²) in [5.41, 5.74) is 0.816. The Balaban J connectivity index is 1.90. The minimum atomic E-state index is -2.79. The Bertz CT molecular complexity index is 645. The molecule has 0 aliphatic rings. The molecule has 0 bridgehead atoms. The van der Waals surface area contributed by atoms with E-state index in [0.717, 1.165) is 22.0 Å². The van der Waals surface area contributed by atoms with Crippen molar-refractivity contribution in [2.75, 3.05) is 5.75 Å². The van der Waals surface area contributed by atoms with Crippen molar-refractivity contribution in [1.82, 2.24) is 10.3 Å². The number of rotatable bonds is 7. The second kappa shape index (κ2) is 7.50. The van der Waals surface area contributed by atoms with Gasteiger partial charge in [0.25, 0.3) is 0 Å². The fraction of sp³-hybridized carbons (Fsp3) is 0.308. The van der Waals surface area contributed by atoms with Crippen LogP contribution in [0.25, 0.3) is 10.2 Å². The number of aliphatic carboxylic acids is 1. The third kappa shape index (κ3) is 4.63. The Morgan fingerprint density at radius 3 is 2.73 bits per heavy atom. The summed E-state index contributed by atoms with van der Waals surface area (Å²) >= 11 is 2.55. The maximum absolute atomic E-state index is 12.2. The molecule has 0 aliphatic carbocycles. The number of para-hydroxylation sites is 1. The summed E-state index contributed by atoms with van der Waals surface area (Å²) in [6.45, 7) is 0. The number of nitrogens with one attached hydrogen (secondary N) is 1. The van der Waals surface area contributed by atoms with Crippen molar-refractivity contribution in [2.45, 2.75) is 23.2 Å². The number of thiazole rings is 1. The molecule has 5 nitrogen and oxygen atoms in total. The lowest BCUT2D eigenvalue weighted by Crippen LogP contribution is -2.42. The number of thioether (sulfide) groups is 1. The number of hydrogen-bond donors (Lipinski definition) is 2. The van der Waals surface area contributed by atoms with Crippen molar-refractivity contribution in [3.05, 3.63) is 24.3 Å². The lowest BCUT2D eigenvalue weighted by molar-refractivity contribution is -0.142. The number of benzene rings is 1. The fourth-order valence-electron chi connectivity index (χ4n) is 1.68. The van der Waals surface area contributed by atoms with E-state index in [1.54, 1.807) is 0 Å². The summed E-state index contributed by atoms with van der Waals surface area (Å²) in [6, 6.07) is 5.90. The second-order valence-corrected chi connectivity index (χ2v) is 6.57. The van der Waals surface area contributed by atoms with Gasteiger partial charge in [-0.1, -0.05) is 23.9 Å². The number of carboxylic acids is 1. The van der Waals surface area contributed by atoms with Gasteiger partial charge in [-0.15, -0.1) is 11.3 Å². The molecule has 0 saturated heterocycles. The first-order chi connectivity index (χ1) is 10.5. The Morgan fingerprint density at radius 1 is 1.36 bits per heavy atom. The monoisotopic (exact) mass is 346 g/mol. The number of aromatic nitrogens is 1. The summed E-state index contributed by atoms with van der Waals surface area (Å²) in [5.74, 6) is -2.16. The van der Waals surface area contributed by atoms with Gasteiger partial charge >= 0.3 is 5.97 Å². The highest BCUT2D eigenvalue weighted by atomic mass is 32.2. The molecule has 1 aromatic heterocycles. The fourth-order valence-corrected chi connectivity index (χ4v) is 3.56. The molecule has 118 valence electrons. The summed E-state index contributed by atoms with van der Waals surface area (Å²) in [4.78, 5) is 26.8. The Hall–Kier alpha value is -1.74. The van der Waals surface area contributed by atoms with Crippen LogP contribution in [0, 0.1) is 0 Å². The number of amides is 1. The average molecular weight is 346 g/mol. The number of carbonyl (C=O) groups excluding carboxylic acids is 1. The van der Waals surface area contributed by atoms with E-state index in [0.29, 0.717) is 4.34 Å². The minimum Gasteiger partial charge on any atom is -0.480 e. The topological polar surface area (TPSA) is 79.3 Å². The third-order valence-electron chi connectivity index (χ3n) is 2.65. The first kappa shape index (κ1) is 16.6. The van der Waals surface area contributed by atoms with E-state index in [2.05, 4.69) is 10.3 Å².